The molecule has 0 radical (unpaired) electrons. The Morgan fingerprint density at radius 3 is 2.04 bits per heavy atom. The highest BCUT2D eigenvalue weighted by atomic mass is 16.5. The van der Waals surface area contributed by atoms with Gasteiger partial charge in [0.05, 0.1) is 12.8 Å². The maximum atomic E-state index is 12.0. The van der Waals surface area contributed by atoms with Crippen LogP contribution in [0, 0.1) is 0 Å². The van der Waals surface area contributed by atoms with Crippen LogP contribution in [0.3, 0.4) is 0 Å². The molecule has 0 aliphatic rings. The lowest BCUT2D eigenvalue weighted by Gasteiger charge is -2.15. The third-order valence-corrected chi connectivity index (χ3v) is 3.50. The van der Waals surface area contributed by atoms with Gasteiger partial charge in [0.2, 0.25) is 11.8 Å². The molecule has 0 spiro atoms. The molecule has 0 aromatic heterocycles. The normalized spacial score (nSPS) is 11.4. The van der Waals surface area contributed by atoms with E-state index >= 15 is 0 Å². The van der Waals surface area contributed by atoms with E-state index in [4.69, 9.17) is 10.5 Å². The van der Waals surface area contributed by atoms with Gasteiger partial charge < -0.3 is 15.8 Å². The molecule has 6 heteroatoms. The number of benzene rings is 2. The quantitative estimate of drug-likeness (QED) is 0.708. The summed E-state index contributed by atoms with van der Waals surface area (Å²) in [6.07, 6.45) is -0.202. The molecule has 2 aromatic carbocycles. The van der Waals surface area contributed by atoms with Crippen molar-refractivity contribution in [1.29, 1.82) is 0 Å². The number of rotatable bonds is 8. The van der Waals surface area contributed by atoms with Crippen molar-refractivity contribution in [1.82, 2.24) is 5.32 Å². The van der Waals surface area contributed by atoms with Crippen LogP contribution in [-0.2, 0) is 32.1 Å². The van der Waals surface area contributed by atoms with E-state index in [1.54, 1.807) is 12.1 Å². The van der Waals surface area contributed by atoms with Crippen molar-refractivity contribution in [3.8, 4) is 0 Å². The lowest BCUT2D eigenvalue weighted by atomic mass is 10.1. The molecule has 1 atom stereocenters. The second-order valence-electron chi connectivity index (χ2n) is 5.54. The first-order valence-corrected chi connectivity index (χ1v) is 7.87. The Bertz CT molecular complexity index is 717. The number of hydrogen-bond donors (Lipinski definition) is 2. The number of nitrogens with two attached hydrogens (primary N) is 1. The maximum absolute atomic E-state index is 12.0. The summed E-state index contributed by atoms with van der Waals surface area (Å²) in [5.74, 6) is -1.77. The van der Waals surface area contributed by atoms with E-state index in [0.717, 1.165) is 11.1 Å². The topological polar surface area (TPSA) is 98.5 Å². The zero-order valence-corrected chi connectivity index (χ0v) is 13.7. The van der Waals surface area contributed by atoms with Gasteiger partial charge in [-0.1, -0.05) is 60.7 Å². The fourth-order valence-electron chi connectivity index (χ4n) is 2.21. The fraction of sp³-hybridized carbons (Fsp3) is 0.211. The van der Waals surface area contributed by atoms with E-state index in [1.807, 2.05) is 48.5 Å². The van der Waals surface area contributed by atoms with Crippen LogP contribution in [0.25, 0.3) is 0 Å². The molecule has 2 rings (SSSR count). The zero-order valence-electron chi connectivity index (χ0n) is 13.7. The summed E-state index contributed by atoms with van der Waals surface area (Å²) in [5, 5.41) is 2.48. The van der Waals surface area contributed by atoms with E-state index in [2.05, 4.69) is 5.32 Å². The SMILES string of the molecule is NC(=O)[C@H](CC(=O)OCc1ccccc1)NC(=O)Cc1ccccc1. The molecule has 0 aliphatic carbocycles. The molecule has 0 saturated carbocycles. The number of carbonyl (C=O) groups excluding carboxylic acids is 3. The Kier molecular flexibility index (Phi) is 6.71. The van der Waals surface area contributed by atoms with Gasteiger partial charge in [-0.3, -0.25) is 14.4 Å². The predicted molar refractivity (Wildman–Crippen MR) is 92.1 cm³/mol. The number of primary amides is 1. The highest BCUT2D eigenvalue weighted by molar-refractivity contribution is 5.90. The Morgan fingerprint density at radius 1 is 0.920 bits per heavy atom. The molecule has 25 heavy (non-hydrogen) atoms. The average Bonchev–Trinajstić information content (AvgIpc) is 2.61. The summed E-state index contributed by atoms with van der Waals surface area (Å²) in [5.41, 5.74) is 6.91. The molecular weight excluding hydrogens is 320 g/mol. The number of ether oxygens (including phenoxy) is 1. The van der Waals surface area contributed by atoms with E-state index in [1.165, 1.54) is 0 Å². The van der Waals surface area contributed by atoms with Crippen LogP contribution in [0.4, 0.5) is 0 Å². The van der Waals surface area contributed by atoms with Crippen molar-refractivity contribution in [2.75, 3.05) is 0 Å². The van der Waals surface area contributed by atoms with E-state index in [-0.39, 0.29) is 25.4 Å². The van der Waals surface area contributed by atoms with Crippen molar-refractivity contribution >= 4 is 17.8 Å². The molecule has 6 nitrogen and oxygen atoms in total. The molecule has 2 amide bonds. The number of esters is 1. The smallest absolute Gasteiger partial charge is 0.308 e. The molecule has 0 bridgehead atoms. The Labute approximate surface area is 146 Å². The van der Waals surface area contributed by atoms with Gasteiger partial charge in [0, 0.05) is 0 Å². The summed E-state index contributed by atoms with van der Waals surface area (Å²) < 4.78 is 5.11. The van der Waals surface area contributed by atoms with Crippen LogP contribution in [0.1, 0.15) is 17.5 Å². The molecular formula is C19H20N2O4. The van der Waals surface area contributed by atoms with Crippen LogP contribution < -0.4 is 11.1 Å². The molecule has 130 valence electrons. The first-order valence-electron chi connectivity index (χ1n) is 7.87. The summed E-state index contributed by atoms with van der Waals surface area (Å²) in [7, 11) is 0. The maximum Gasteiger partial charge on any atom is 0.308 e. The van der Waals surface area contributed by atoms with E-state index in [9.17, 15) is 14.4 Å². The van der Waals surface area contributed by atoms with Gasteiger partial charge in [-0.25, -0.2) is 0 Å². The molecule has 0 heterocycles. The summed E-state index contributed by atoms with van der Waals surface area (Å²) >= 11 is 0. The van der Waals surface area contributed by atoms with Gasteiger partial charge in [-0.15, -0.1) is 0 Å². The van der Waals surface area contributed by atoms with Crippen LogP contribution in [0.2, 0.25) is 0 Å². The second kappa shape index (κ2) is 9.22. The Hall–Kier alpha value is -3.15. The predicted octanol–water partition coefficient (Wildman–Crippen LogP) is 1.33. The molecule has 0 unspecified atom stereocenters. The van der Waals surface area contributed by atoms with Crippen LogP contribution in [0.15, 0.2) is 60.7 Å². The molecule has 0 aliphatic heterocycles. The lowest BCUT2D eigenvalue weighted by molar-refractivity contribution is -0.147. The first-order chi connectivity index (χ1) is 12.0. The van der Waals surface area contributed by atoms with Crippen LogP contribution in [0.5, 0.6) is 0 Å². The second-order valence-corrected chi connectivity index (χ2v) is 5.54. The van der Waals surface area contributed by atoms with Crippen LogP contribution in [-0.4, -0.2) is 23.8 Å². The van der Waals surface area contributed by atoms with Crippen LogP contribution >= 0.6 is 0 Å². The molecule has 0 fully saturated rings. The van der Waals surface area contributed by atoms with Crippen molar-refractivity contribution < 1.29 is 19.1 Å². The van der Waals surface area contributed by atoms with Gasteiger partial charge in [0.25, 0.3) is 0 Å². The van der Waals surface area contributed by atoms with E-state index in [0.29, 0.717) is 0 Å². The monoisotopic (exact) mass is 340 g/mol. The first kappa shape index (κ1) is 18.2. The summed E-state index contributed by atoms with van der Waals surface area (Å²) in [6.45, 7) is 0.100. The Balaban J connectivity index is 1.84. The zero-order chi connectivity index (χ0) is 18.1. The lowest BCUT2D eigenvalue weighted by Crippen LogP contribution is -2.46. The highest BCUT2D eigenvalue weighted by Crippen LogP contribution is 2.04. The largest absolute Gasteiger partial charge is 0.461 e. The minimum atomic E-state index is -1.10. The van der Waals surface area contributed by atoms with Crippen molar-refractivity contribution in [2.24, 2.45) is 5.73 Å². The minimum Gasteiger partial charge on any atom is -0.461 e. The highest BCUT2D eigenvalue weighted by Gasteiger charge is 2.22. The van der Waals surface area contributed by atoms with Gasteiger partial charge >= 0.3 is 5.97 Å². The standard InChI is InChI=1S/C19H20N2O4/c20-19(24)16(21-17(22)11-14-7-3-1-4-8-14)12-18(23)25-13-15-9-5-2-6-10-15/h1-10,16H,11-13H2,(H2,20,24)(H,21,22)/t16-/m0/s1. The van der Waals surface area contributed by atoms with Gasteiger partial charge in [-0.2, -0.15) is 0 Å². The summed E-state index contributed by atoms with van der Waals surface area (Å²) in [6, 6.07) is 17.1. The number of amides is 2. The average molecular weight is 340 g/mol. The molecule has 0 saturated heterocycles. The number of carbonyl (C=O) groups is 3. The molecule has 3 N–H and O–H groups in total. The number of hydrogen-bond acceptors (Lipinski definition) is 4. The number of nitrogens with one attached hydrogen (secondary N) is 1. The van der Waals surface area contributed by atoms with Gasteiger partial charge in [-0.05, 0) is 11.1 Å². The van der Waals surface area contributed by atoms with Crippen molar-refractivity contribution in [3.05, 3.63) is 71.8 Å². The van der Waals surface area contributed by atoms with Crippen molar-refractivity contribution in [3.63, 3.8) is 0 Å². The molecule has 2 aromatic rings. The van der Waals surface area contributed by atoms with E-state index < -0.39 is 17.9 Å². The third-order valence-electron chi connectivity index (χ3n) is 3.50. The minimum absolute atomic E-state index is 0.100. The van der Waals surface area contributed by atoms with Crippen molar-refractivity contribution in [2.45, 2.75) is 25.5 Å². The summed E-state index contributed by atoms with van der Waals surface area (Å²) in [4.78, 5) is 35.4. The van der Waals surface area contributed by atoms with Gasteiger partial charge in [0.15, 0.2) is 0 Å². The Morgan fingerprint density at radius 2 is 1.48 bits per heavy atom. The fourth-order valence-corrected chi connectivity index (χ4v) is 2.21. The third kappa shape index (κ3) is 6.47. The van der Waals surface area contributed by atoms with Gasteiger partial charge in [0.1, 0.15) is 12.6 Å².